The average Bonchev–Trinajstić information content (AvgIpc) is 2.91. The van der Waals surface area contributed by atoms with Gasteiger partial charge in [0.15, 0.2) is 0 Å². The van der Waals surface area contributed by atoms with E-state index in [1.54, 1.807) is 11.3 Å². The second-order valence-corrected chi connectivity index (χ2v) is 7.18. The predicted octanol–water partition coefficient (Wildman–Crippen LogP) is 4.57. The molecule has 0 unspecified atom stereocenters. The molecular weight excluding hydrogens is 278 g/mol. The first-order valence-electron chi connectivity index (χ1n) is 7.43. The molecule has 0 spiro atoms. The molecule has 0 aliphatic carbocycles. The fourth-order valence-corrected chi connectivity index (χ4v) is 2.83. The molecule has 0 bridgehead atoms. The van der Waals surface area contributed by atoms with Crippen LogP contribution in [0.1, 0.15) is 37.5 Å². The van der Waals surface area contributed by atoms with Crippen molar-refractivity contribution in [2.24, 2.45) is 0 Å². The minimum atomic E-state index is 0.109. The fourth-order valence-electron chi connectivity index (χ4n) is 2.13. The van der Waals surface area contributed by atoms with Crippen molar-refractivity contribution < 1.29 is 4.74 Å². The number of hydrogen-bond donors (Lipinski definition) is 1. The third-order valence-electron chi connectivity index (χ3n) is 3.32. The van der Waals surface area contributed by atoms with E-state index in [-0.39, 0.29) is 5.54 Å². The summed E-state index contributed by atoms with van der Waals surface area (Å²) in [4.78, 5) is 0. The van der Waals surface area contributed by atoms with Gasteiger partial charge in [0.1, 0.15) is 5.75 Å². The van der Waals surface area contributed by atoms with Crippen molar-refractivity contribution in [3.8, 4) is 5.75 Å². The molecule has 1 aromatic carbocycles. The van der Waals surface area contributed by atoms with Gasteiger partial charge in [0.05, 0.1) is 6.61 Å². The molecule has 0 radical (unpaired) electrons. The Morgan fingerprint density at radius 3 is 2.67 bits per heavy atom. The molecule has 0 saturated heterocycles. The Morgan fingerprint density at radius 2 is 2.00 bits per heavy atom. The van der Waals surface area contributed by atoms with Gasteiger partial charge in [-0.25, -0.2) is 0 Å². The number of ether oxygens (including phenoxy) is 1. The lowest BCUT2D eigenvalue weighted by molar-refractivity contribution is 0.313. The smallest absolute Gasteiger partial charge is 0.126 e. The average molecular weight is 303 g/mol. The number of para-hydroxylation sites is 1. The van der Waals surface area contributed by atoms with Gasteiger partial charge in [0.2, 0.25) is 0 Å². The quantitative estimate of drug-likeness (QED) is 0.844. The maximum Gasteiger partial charge on any atom is 0.126 e. The molecule has 0 aliphatic rings. The molecular formula is C18H25NOS. The van der Waals surface area contributed by atoms with E-state index in [4.69, 9.17) is 4.74 Å². The highest BCUT2D eigenvalue weighted by molar-refractivity contribution is 7.07. The summed E-state index contributed by atoms with van der Waals surface area (Å²) >= 11 is 1.74. The topological polar surface area (TPSA) is 21.3 Å². The van der Waals surface area contributed by atoms with E-state index < -0.39 is 0 Å². The summed E-state index contributed by atoms with van der Waals surface area (Å²) in [6.07, 6.45) is 0.962. The normalized spacial score (nSPS) is 11.6. The summed E-state index contributed by atoms with van der Waals surface area (Å²) in [5.74, 6) is 1.03. The van der Waals surface area contributed by atoms with Gasteiger partial charge in [-0.3, -0.25) is 0 Å². The van der Waals surface area contributed by atoms with Crippen molar-refractivity contribution in [1.29, 1.82) is 0 Å². The lowest BCUT2D eigenvalue weighted by atomic mass is 10.1. The Morgan fingerprint density at radius 1 is 1.19 bits per heavy atom. The van der Waals surface area contributed by atoms with Crippen LogP contribution in [0.3, 0.4) is 0 Å². The molecule has 0 saturated carbocycles. The number of aryl methyl sites for hydroxylation is 1. The second kappa shape index (κ2) is 7.10. The van der Waals surface area contributed by atoms with Crippen molar-refractivity contribution in [1.82, 2.24) is 5.32 Å². The van der Waals surface area contributed by atoms with Crippen LogP contribution in [0.4, 0.5) is 0 Å². The zero-order chi connectivity index (χ0) is 15.3. The highest BCUT2D eigenvalue weighted by atomic mass is 32.1. The van der Waals surface area contributed by atoms with E-state index >= 15 is 0 Å². The van der Waals surface area contributed by atoms with E-state index in [1.807, 2.05) is 0 Å². The van der Waals surface area contributed by atoms with Crippen molar-refractivity contribution in [2.75, 3.05) is 6.61 Å². The highest BCUT2D eigenvalue weighted by Gasteiger charge is 2.12. The van der Waals surface area contributed by atoms with Crippen molar-refractivity contribution >= 4 is 11.3 Å². The van der Waals surface area contributed by atoms with Gasteiger partial charge in [-0.2, -0.15) is 11.3 Å². The molecule has 2 nitrogen and oxygen atoms in total. The summed E-state index contributed by atoms with van der Waals surface area (Å²) in [5, 5.41) is 7.83. The van der Waals surface area contributed by atoms with E-state index in [0.717, 1.165) is 25.3 Å². The molecule has 2 aromatic rings. The number of rotatable bonds is 6. The van der Waals surface area contributed by atoms with Crippen LogP contribution in [0.5, 0.6) is 5.75 Å². The van der Waals surface area contributed by atoms with Gasteiger partial charge >= 0.3 is 0 Å². The summed E-state index contributed by atoms with van der Waals surface area (Å²) < 4.78 is 6.07. The zero-order valence-electron chi connectivity index (χ0n) is 13.4. The maximum absolute atomic E-state index is 6.07. The van der Waals surface area contributed by atoms with Gasteiger partial charge in [-0.15, -0.1) is 0 Å². The third-order valence-corrected chi connectivity index (χ3v) is 4.05. The lowest BCUT2D eigenvalue weighted by Crippen LogP contribution is -2.35. The molecule has 1 heterocycles. The third kappa shape index (κ3) is 5.18. The molecule has 21 heavy (non-hydrogen) atoms. The molecule has 1 N–H and O–H groups in total. The second-order valence-electron chi connectivity index (χ2n) is 6.40. The molecule has 2 rings (SSSR count). The molecule has 0 fully saturated rings. The van der Waals surface area contributed by atoms with E-state index in [9.17, 15) is 0 Å². The first kappa shape index (κ1) is 16.1. The van der Waals surface area contributed by atoms with Crippen LogP contribution in [-0.2, 0) is 13.0 Å². The largest absolute Gasteiger partial charge is 0.493 e. The number of benzene rings is 1. The standard InChI is InChI=1S/C18H25NOS/c1-14-6-5-7-16(12-19-18(2,3)4)17(14)20-10-8-15-9-11-21-13-15/h5-7,9,11,13,19H,8,10,12H2,1-4H3. The molecule has 1 aromatic heterocycles. The monoisotopic (exact) mass is 303 g/mol. The van der Waals surface area contributed by atoms with Crippen LogP contribution >= 0.6 is 11.3 Å². The number of thiophene rings is 1. The Balaban J connectivity index is 1.99. The fraction of sp³-hybridized carbons (Fsp3) is 0.444. The minimum Gasteiger partial charge on any atom is -0.493 e. The minimum absolute atomic E-state index is 0.109. The van der Waals surface area contributed by atoms with Gasteiger partial charge in [0, 0.05) is 24.1 Å². The molecule has 3 heteroatoms. The Bertz CT molecular complexity index is 555. The van der Waals surface area contributed by atoms with Gasteiger partial charge in [-0.1, -0.05) is 18.2 Å². The van der Waals surface area contributed by atoms with Crippen LogP contribution in [0.2, 0.25) is 0 Å². The van der Waals surface area contributed by atoms with Gasteiger partial charge < -0.3 is 10.1 Å². The molecule has 0 atom stereocenters. The summed E-state index contributed by atoms with van der Waals surface area (Å²) in [7, 11) is 0. The van der Waals surface area contributed by atoms with Crippen LogP contribution in [0.15, 0.2) is 35.0 Å². The summed E-state index contributed by atoms with van der Waals surface area (Å²) in [5.41, 5.74) is 3.89. The number of hydrogen-bond acceptors (Lipinski definition) is 3. The first-order chi connectivity index (χ1) is 9.96. The predicted molar refractivity (Wildman–Crippen MR) is 91.3 cm³/mol. The molecule has 0 amide bonds. The number of nitrogens with one attached hydrogen (secondary N) is 1. The first-order valence-corrected chi connectivity index (χ1v) is 8.37. The van der Waals surface area contributed by atoms with Crippen LogP contribution in [-0.4, -0.2) is 12.1 Å². The van der Waals surface area contributed by atoms with E-state index in [2.05, 4.69) is 68.0 Å². The SMILES string of the molecule is Cc1cccc(CNC(C)(C)C)c1OCCc1ccsc1. The maximum atomic E-state index is 6.07. The van der Waals surface area contributed by atoms with Crippen LogP contribution < -0.4 is 10.1 Å². The lowest BCUT2D eigenvalue weighted by Gasteiger charge is -2.22. The van der Waals surface area contributed by atoms with Crippen LogP contribution in [0, 0.1) is 6.92 Å². The Hall–Kier alpha value is -1.32. The molecule has 0 aliphatic heterocycles. The van der Waals surface area contributed by atoms with Gasteiger partial charge in [-0.05, 0) is 55.6 Å². The Kier molecular flexibility index (Phi) is 5.43. The van der Waals surface area contributed by atoms with Gasteiger partial charge in [0.25, 0.3) is 0 Å². The van der Waals surface area contributed by atoms with Crippen LogP contribution in [0.25, 0.3) is 0 Å². The zero-order valence-corrected chi connectivity index (χ0v) is 14.2. The van der Waals surface area contributed by atoms with Crippen molar-refractivity contribution in [3.05, 3.63) is 51.7 Å². The van der Waals surface area contributed by atoms with Crippen molar-refractivity contribution in [2.45, 2.75) is 46.2 Å². The Labute approximate surface area is 132 Å². The summed E-state index contributed by atoms with van der Waals surface area (Å²) in [6, 6.07) is 8.51. The summed E-state index contributed by atoms with van der Waals surface area (Å²) in [6.45, 7) is 10.2. The van der Waals surface area contributed by atoms with Crippen molar-refractivity contribution in [3.63, 3.8) is 0 Å². The molecule has 114 valence electrons. The van der Waals surface area contributed by atoms with E-state index in [1.165, 1.54) is 16.7 Å². The highest BCUT2D eigenvalue weighted by Crippen LogP contribution is 2.24. The van der Waals surface area contributed by atoms with E-state index in [0.29, 0.717) is 0 Å².